The van der Waals surface area contributed by atoms with Crippen LogP contribution in [0, 0.1) is 25.2 Å². The lowest BCUT2D eigenvalue weighted by atomic mass is 10.1. The second kappa shape index (κ2) is 11.4. The van der Waals surface area contributed by atoms with Crippen molar-refractivity contribution in [2.45, 2.75) is 38.1 Å². The number of nitrogens with one attached hydrogen (secondary N) is 1. The first kappa shape index (κ1) is 25.8. The van der Waals surface area contributed by atoms with Crippen molar-refractivity contribution in [3.63, 3.8) is 0 Å². The summed E-state index contributed by atoms with van der Waals surface area (Å²) < 4.78 is 37.3. The third-order valence-corrected chi connectivity index (χ3v) is 6.22. The van der Waals surface area contributed by atoms with Crippen LogP contribution in [0.2, 0.25) is 0 Å². The van der Waals surface area contributed by atoms with E-state index in [0.717, 1.165) is 11.1 Å². The third kappa shape index (κ3) is 7.30. The van der Waals surface area contributed by atoms with E-state index in [1.54, 1.807) is 12.1 Å². The van der Waals surface area contributed by atoms with Crippen LogP contribution in [0.1, 0.15) is 24.5 Å². The van der Waals surface area contributed by atoms with E-state index in [-0.39, 0.29) is 17.9 Å². The van der Waals surface area contributed by atoms with E-state index in [9.17, 15) is 18.0 Å². The molecule has 176 valence electrons. The number of carbonyl (C=O) groups excluding carboxylic acids is 2. The zero-order chi connectivity index (χ0) is 24.6. The van der Waals surface area contributed by atoms with Gasteiger partial charge in [0.05, 0.1) is 24.5 Å². The average Bonchev–Trinajstić information content (AvgIpc) is 2.76. The molecule has 0 saturated heterocycles. The van der Waals surface area contributed by atoms with Crippen molar-refractivity contribution in [3.8, 4) is 11.8 Å². The molecule has 0 radical (unpaired) electrons. The quantitative estimate of drug-likeness (QED) is 0.525. The van der Waals surface area contributed by atoms with Gasteiger partial charge in [-0.1, -0.05) is 6.07 Å². The van der Waals surface area contributed by atoms with Crippen LogP contribution in [0.3, 0.4) is 0 Å². The SMILES string of the molecule is COc1ccc(S(=O)(=O)NC(C)C(=O)OCC(=O)N(CCC#N)c2cc(C)cc(C)c2)cc1. The van der Waals surface area contributed by atoms with Gasteiger partial charge in [-0.05, 0) is 68.3 Å². The Morgan fingerprint density at radius 3 is 2.27 bits per heavy atom. The number of hydrogen-bond donors (Lipinski definition) is 1. The molecular formula is C23H27N3O6S. The molecule has 1 unspecified atom stereocenters. The molecular weight excluding hydrogens is 446 g/mol. The molecule has 1 N–H and O–H groups in total. The Morgan fingerprint density at radius 2 is 1.73 bits per heavy atom. The van der Waals surface area contributed by atoms with Gasteiger partial charge in [-0.25, -0.2) is 8.42 Å². The number of methoxy groups -OCH3 is 1. The molecule has 0 heterocycles. The summed E-state index contributed by atoms with van der Waals surface area (Å²) in [6.45, 7) is 4.65. The van der Waals surface area contributed by atoms with Crippen LogP contribution in [-0.2, 0) is 24.3 Å². The Morgan fingerprint density at radius 1 is 1.12 bits per heavy atom. The van der Waals surface area contributed by atoms with E-state index in [2.05, 4.69) is 4.72 Å². The van der Waals surface area contributed by atoms with Gasteiger partial charge in [0.1, 0.15) is 11.8 Å². The van der Waals surface area contributed by atoms with E-state index in [0.29, 0.717) is 11.4 Å². The molecule has 0 aliphatic heterocycles. The highest BCUT2D eigenvalue weighted by Crippen LogP contribution is 2.20. The van der Waals surface area contributed by atoms with Gasteiger partial charge >= 0.3 is 5.97 Å². The first-order chi connectivity index (χ1) is 15.6. The maximum atomic E-state index is 12.8. The zero-order valence-electron chi connectivity index (χ0n) is 19.0. The lowest BCUT2D eigenvalue weighted by Gasteiger charge is -2.23. The van der Waals surface area contributed by atoms with Crippen LogP contribution >= 0.6 is 0 Å². The van der Waals surface area contributed by atoms with Crippen molar-refractivity contribution in [3.05, 3.63) is 53.6 Å². The van der Waals surface area contributed by atoms with Gasteiger partial charge in [-0.3, -0.25) is 9.59 Å². The number of hydrogen-bond acceptors (Lipinski definition) is 7. The van der Waals surface area contributed by atoms with Crippen molar-refractivity contribution in [1.82, 2.24) is 4.72 Å². The molecule has 0 saturated carbocycles. The minimum Gasteiger partial charge on any atom is -0.497 e. The van der Waals surface area contributed by atoms with E-state index in [1.165, 1.54) is 43.2 Å². The Bertz CT molecular complexity index is 1120. The van der Waals surface area contributed by atoms with Crippen LogP contribution < -0.4 is 14.4 Å². The molecule has 0 aliphatic carbocycles. The topological polar surface area (TPSA) is 126 Å². The van der Waals surface area contributed by atoms with Crippen molar-refractivity contribution in [2.24, 2.45) is 0 Å². The van der Waals surface area contributed by atoms with E-state index in [4.69, 9.17) is 14.7 Å². The van der Waals surface area contributed by atoms with E-state index >= 15 is 0 Å². The third-order valence-electron chi connectivity index (χ3n) is 4.66. The van der Waals surface area contributed by atoms with E-state index < -0.39 is 34.5 Å². The second-order valence-electron chi connectivity index (χ2n) is 7.43. The van der Waals surface area contributed by atoms with E-state index in [1.807, 2.05) is 26.0 Å². The largest absolute Gasteiger partial charge is 0.497 e. The molecule has 1 atom stereocenters. The summed E-state index contributed by atoms with van der Waals surface area (Å²) in [5.74, 6) is -0.931. The zero-order valence-corrected chi connectivity index (χ0v) is 19.8. The molecule has 2 aromatic rings. The molecule has 0 aromatic heterocycles. The number of sulfonamides is 1. The number of nitrogens with zero attached hydrogens (tertiary/aromatic N) is 2. The molecule has 0 aliphatic rings. The van der Waals surface area contributed by atoms with Crippen LogP contribution in [0.4, 0.5) is 5.69 Å². The number of ether oxygens (including phenoxy) is 2. The standard InChI is InChI=1S/C23H27N3O6S/c1-16-12-17(2)14-19(13-16)26(11-5-10-24)22(27)15-32-23(28)18(3)25-33(29,30)21-8-6-20(31-4)7-9-21/h6-9,12-14,18,25H,5,11,15H2,1-4H3. The fourth-order valence-corrected chi connectivity index (χ4v) is 4.30. The average molecular weight is 474 g/mol. The van der Waals surface area contributed by atoms with Gasteiger partial charge < -0.3 is 14.4 Å². The summed E-state index contributed by atoms with van der Waals surface area (Å²) in [5, 5.41) is 8.93. The summed E-state index contributed by atoms with van der Waals surface area (Å²) in [4.78, 5) is 26.4. The molecule has 0 bridgehead atoms. The molecule has 1 amide bonds. The Hall–Kier alpha value is -3.42. The van der Waals surface area contributed by atoms with Crippen molar-refractivity contribution in [1.29, 1.82) is 5.26 Å². The van der Waals surface area contributed by atoms with Gasteiger partial charge in [-0.15, -0.1) is 0 Å². The molecule has 2 aromatic carbocycles. The number of nitriles is 1. The minimum atomic E-state index is -3.99. The summed E-state index contributed by atoms with van der Waals surface area (Å²) in [5.41, 5.74) is 2.48. The first-order valence-corrected chi connectivity index (χ1v) is 11.6. The predicted octanol–water partition coefficient (Wildman–Crippen LogP) is 2.47. The summed E-state index contributed by atoms with van der Waals surface area (Å²) >= 11 is 0. The van der Waals surface area contributed by atoms with Crippen molar-refractivity contribution >= 4 is 27.6 Å². The fraction of sp³-hybridized carbons (Fsp3) is 0.348. The van der Waals surface area contributed by atoms with Gasteiger partial charge in [0.2, 0.25) is 10.0 Å². The Kier molecular flexibility index (Phi) is 8.96. The van der Waals surface area contributed by atoms with Crippen LogP contribution in [0.5, 0.6) is 5.75 Å². The van der Waals surface area contributed by atoms with Gasteiger partial charge in [-0.2, -0.15) is 9.98 Å². The van der Waals surface area contributed by atoms with Gasteiger partial charge in [0.25, 0.3) is 5.91 Å². The molecule has 2 rings (SSSR count). The maximum Gasteiger partial charge on any atom is 0.324 e. The van der Waals surface area contributed by atoms with Crippen molar-refractivity contribution < 1.29 is 27.5 Å². The number of carbonyl (C=O) groups is 2. The lowest BCUT2D eigenvalue weighted by Crippen LogP contribution is -2.41. The highest BCUT2D eigenvalue weighted by atomic mass is 32.2. The highest BCUT2D eigenvalue weighted by molar-refractivity contribution is 7.89. The predicted molar refractivity (Wildman–Crippen MR) is 122 cm³/mol. The number of rotatable bonds is 10. The highest BCUT2D eigenvalue weighted by Gasteiger charge is 2.25. The first-order valence-electron chi connectivity index (χ1n) is 10.2. The smallest absolute Gasteiger partial charge is 0.324 e. The molecule has 33 heavy (non-hydrogen) atoms. The van der Waals surface area contributed by atoms with Gasteiger partial charge in [0.15, 0.2) is 6.61 Å². The van der Waals surface area contributed by atoms with Gasteiger partial charge in [0, 0.05) is 12.2 Å². The molecule has 0 spiro atoms. The number of benzene rings is 2. The normalized spacial score (nSPS) is 11.8. The number of aryl methyl sites for hydroxylation is 2. The monoisotopic (exact) mass is 473 g/mol. The Labute approximate surface area is 194 Å². The van der Waals surface area contributed by atoms with Crippen LogP contribution in [0.15, 0.2) is 47.4 Å². The minimum absolute atomic E-state index is 0.0449. The summed E-state index contributed by atoms with van der Waals surface area (Å²) in [6.07, 6.45) is 0.102. The lowest BCUT2D eigenvalue weighted by molar-refractivity contribution is -0.149. The maximum absolute atomic E-state index is 12.8. The summed E-state index contributed by atoms with van der Waals surface area (Å²) in [6, 6.07) is 12.0. The molecule has 10 heteroatoms. The Balaban J connectivity index is 2.04. The second-order valence-corrected chi connectivity index (χ2v) is 9.14. The number of anilines is 1. The number of amides is 1. The van der Waals surface area contributed by atoms with Crippen LogP contribution in [0.25, 0.3) is 0 Å². The fourth-order valence-electron chi connectivity index (χ4n) is 3.11. The van der Waals surface area contributed by atoms with Crippen molar-refractivity contribution in [2.75, 3.05) is 25.2 Å². The molecule has 9 nitrogen and oxygen atoms in total. The molecule has 0 fully saturated rings. The summed E-state index contributed by atoms with van der Waals surface area (Å²) in [7, 11) is -2.53. The van der Waals surface area contributed by atoms with Crippen LogP contribution in [-0.4, -0.2) is 46.6 Å². The number of esters is 1.